The van der Waals surface area contributed by atoms with Gasteiger partial charge in [0.05, 0.1) is 17.1 Å². The third-order valence-corrected chi connectivity index (χ3v) is 4.62. The minimum Gasteiger partial charge on any atom is -0.314 e. The summed E-state index contributed by atoms with van der Waals surface area (Å²) in [5.74, 6) is 0. The van der Waals surface area contributed by atoms with E-state index >= 15 is 0 Å². The zero-order valence-electron chi connectivity index (χ0n) is 12.6. The van der Waals surface area contributed by atoms with Crippen molar-refractivity contribution < 1.29 is 0 Å². The molecule has 3 heteroatoms. The molecule has 1 aromatic carbocycles. The molecule has 2 aliphatic rings. The van der Waals surface area contributed by atoms with E-state index in [0.29, 0.717) is 0 Å². The maximum atomic E-state index is 4.84. The van der Waals surface area contributed by atoms with E-state index < -0.39 is 0 Å². The number of rotatable bonds is 1. The van der Waals surface area contributed by atoms with Crippen LogP contribution < -0.4 is 0 Å². The van der Waals surface area contributed by atoms with E-state index in [9.17, 15) is 0 Å². The molecule has 110 valence electrons. The van der Waals surface area contributed by atoms with Crippen LogP contribution in [0.1, 0.15) is 17.7 Å². The Balaban J connectivity index is 1.82. The summed E-state index contributed by atoms with van der Waals surface area (Å²) in [4.78, 5) is 8.96. The molecule has 3 aromatic rings. The fraction of sp³-hybridized carbons (Fsp3) is 0.100. The summed E-state index contributed by atoms with van der Waals surface area (Å²) in [6.07, 6.45) is 12.3. The van der Waals surface area contributed by atoms with Gasteiger partial charge in [-0.3, -0.25) is 9.98 Å². The first-order valence-electron chi connectivity index (χ1n) is 7.90. The van der Waals surface area contributed by atoms with Crippen molar-refractivity contribution in [1.29, 1.82) is 0 Å². The van der Waals surface area contributed by atoms with Gasteiger partial charge in [0.2, 0.25) is 0 Å². The van der Waals surface area contributed by atoms with E-state index in [1.807, 2.05) is 30.7 Å². The predicted octanol–water partition coefficient (Wildman–Crippen LogP) is 4.58. The van der Waals surface area contributed by atoms with Crippen LogP contribution in [0.25, 0.3) is 22.4 Å². The smallest absolute Gasteiger partial charge is 0.0948 e. The quantitative estimate of drug-likeness (QED) is 0.646. The molecule has 0 radical (unpaired) electrons. The van der Waals surface area contributed by atoms with Crippen molar-refractivity contribution in [2.45, 2.75) is 12.8 Å². The Morgan fingerprint density at radius 1 is 1.00 bits per heavy atom. The summed E-state index contributed by atoms with van der Waals surface area (Å²) in [5.41, 5.74) is 8.39. The van der Waals surface area contributed by atoms with Crippen LogP contribution in [-0.2, 0) is 6.42 Å². The Kier molecular flexibility index (Phi) is 2.62. The molecule has 0 atom stereocenters. The maximum Gasteiger partial charge on any atom is 0.0948 e. The molecule has 0 unspecified atom stereocenters. The summed E-state index contributed by atoms with van der Waals surface area (Å²) in [7, 11) is 0. The van der Waals surface area contributed by atoms with Crippen molar-refractivity contribution in [3.05, 3.63) is 72.3 Å². The molecule has 0 bridgehead atoms. The highest BCUT2D eigenvalue weighted by Crippen LogP contribution is 2.40. The van der Waals surface area contributed by atoms with Crippen LogP contribution in [0, 0.1) is 0 Å². The lowest BCUT2D eigenvalue weighted by Crippen LogP contribution is -2.03. The SMILES string of the molecule is C1=Nc2c(-c3ccncc3)cccc2-n2ccc3c2C1=CCC3. The highest BCUT2D eigenvalue weighted by atomic mass is 15.0. The molecule has 1 aliphatic carbocycles. The summed E-state index contributed by atoms with van der Waals surface area (Å²) >= 11 is 0. The molecule has 23 heavy (non-hydrogen) atoms. The molecule has 0 spiro atoms. The number of aliphatic imine (C=N–C) groups is 1. The van der Waals surface area contributed by atoms with Crippen LogP contribution in [0.3, 0.4) is 0 Å². The highest BCUT2D eigenvalue weighted by Gasteiger charge is 2.22. The lowest BCUT2D eigenvalue weighted by Gasteiger charge is -2.15. The van der Waals surface area contributed by atoms with E-state index in [1.165, 1.54) is 16.8 Å². The second-order valence-electron chi connectivity index (χ2n) is 5.93. The number of aryl methyl sites for hydroxylation is 1. The topological polar surface area (TPSA) is 30.2 Å². The number of fused-ring (bicyclic) bond motifs is 2. The standard InChI is InChI=1S/C20H15N3/c1-3-15-9-12-23-18-6-2-5-17(14-7-10-21-11-8-14)19(18)22-13-16(4-1)20(15)23/h2,4-13H,1,3H2. The Morgan fingerprint density at radius 2 is 1.91 bits per heavy atom. The summed E-state index contributed by atoms with van der Waals surface area (Å²) in [6.45, 7) is 0. The van der Waals surface area contributed by atoms with Gasteiger partial charge in [0, 0.05) is 35.9 Å². The number of aromatic nitrogens is 2. The molecule has 0 N–H and O–H groups in total. The van der Waals surface area contributed by atoms with Crippen molar-refractivity contribution in [3.63, 3.8) is 0 Å². The van der Waals surface area contributed by atoms with Crippen LogP contribution in [0.5, 0.6) is 0 Å². The predicted molar refractivity (Wildman–Crippen MR) is 93.5 cm³/mol. The van der Waals surface area contributed by atoms with Crippen LogP contribution in [0.4, 0.5) is 5.69 Å². The van der Waals surface area contributed by atoms with Gasteiger partial charge >= 0.3 is 0 Å². The normalized spacial score (nSPS) is 14.7. The molecule has 1 aliphatic heterocycles. The van der Waals surface area contributed by atoms with Crippen LogP contribution in [0.2, 0.25) is 0 Å². The van der Waals surface area contributed by atoms with E-state index in [0.717, 1.165) is 35.3 Å². The van der Waals surface area contributed by atoms with Crippen molar-refractivity contribution in [1.82, 2.24) is 9.55 Å². The van der Waals surface area contributed by atoms with Gasteiger partial charge in [-0.1, -0.05) is 18.2 Å². The molecular formula is C20H15N3. The van der Waals surface area contributed by atoms with Gasteiger partial charge in [-0.25, -0.2) is 0 Å². The zero-order valence-corrected chi connectivity index (χ0v) is 12.6. The van der Waals surface area contributed by atoms with Gasteiger partial charge in [-0.15, -0.1) is 0 Å². The molecule has 5 rings (SSSR count). The highest BCUT2D eigenvalue weighted by molar-refractivity contribution is 6.13. The Bertz CT molecular complexity index is 962. The molecule has 0 fully saturated rings. The van der Waals surface area contributed by atoms with E-state index in [4.69, 9.17) is 4.99 Å². The lowest BCUT2D eigenvalue weighted by molar-refractivity contribution is 0.955. The molecule has 0 saturated carbocycles. The van der Waals surface area contributed by atoms with Gasteiger partial charge in [0.25, 0.3) is 0 Å². The van der Waals surface area contributed by atoms with Gasteiger partial charge in [0.1, 0.15) is 0 Å². The van der Waals surface area contributed by atoms with E-state index in [-0.39, 0.29) is 0 Å². The summed E-state index contributed by atoms with van der Waals surface area (Å²) < 4.78 is 2.29. The van der Waals surface area contributed by atoms with E-state index in [1.54, 1.807) is 0 Å². The number of hydrogen-bond acceptors (Lipinski definition) is 2. The van der Waals surface area contributed by atoms with Gasteiger partial charge < -0.3 is 4.57 Å². The zero-order chi connectivity index (χ0) is 15.2. The first-order valence-corrected chi connectivity index (χ1v) is 7.90. The lowest BCUT2D eigenvalue weighted by atomic mass is 9.98. The van der Waals surface area contributed by atoms with Gasteiger partial charge in [-0.2, -0.15) is 0 Å². The van der Waals surface area contributed by atoms with Gasteiger partial charge in [0.15, 0.2) is 0 Å². The molecule has 2 aromatic heterocycles. The van der Waals surface area contributed by atoms with Crippen LogP contribution in [-0.4, -0.2) is 15.8 Å². The Hall–Kier alpha value is -2.94. The largest absolute Gasteiger partial charge is 0.314 e. The van der Waals surface area contributed by atoms with Crippen molar-refractivity contribution in [2.24, 2.45) is 4.99 Å². The molecule has 0 saturated heterocycles. The first-order chi connectivity index (χ1) is 11.4. The minimum absolute atomic E-state index is 1.02. The number of nitrogens with zero attached hydrogens (tertiary/aromatic N) is 3. The second-order valence-corrected chi connectivity index (χ2v) is 5.93. The third-order valence-electron chi connectivity index (χ3n) is 4.62. The minimum atomic E-state index is 1.02. The third kappa shape index (κ3) is 1.83. The summed E-state index contributed by atoms with van der Waals surface area (Å²) in [6, 6.07) is 12.7. The van der Waals surface area contributed by atoms with E-state index in [2.05, 4.69) is 46.1 Å². The molecule has 3 nitrogen and oxygen atoms in total. The second kappa shape index (κ2) is 4.78. The average Bonchev–Trinajstić information content (AvgIpc) is 2.97. The average molecular weight is 297 g/mol. The van der Waals surface area contributed by atoms with Crippen LogP contribution >= 0.6 is 0 Å². The first kappa shape index (κ1) is 12.6. The fourth-order valence-corrected chi connectivity index (χ4v) is 3.55. The Labute approximate surface area is 134 Å². The summed E-state index contributed by atoms with van der Waals surface area (Å²) in [5, 5.41) is 0. The number of pyridine rings is 1. The maximum absolute atomic E-state index is 4.84. The van der Waals surface area contributed by atoms with Crippen molar-refractivity contribution in [3.8, 4) is 16.8 Å². The van der Waals surface area contributed by atoms with Crippen LogP contribution in [0.15, 0.2) is 66.1 Å². The monoisotopic (exact) mass is 297 g/mol. The number of allylic oxidation sites excluding steroid dienone is 2. The Morgan fingerprint density at radius 3 is 2.83 bits per heavy atom. The molecule has 0 amide bonds. The fourth-order valence-electron chi connectivity index (χ4n) is 3.55. The molecular weight excluding hydrogens is 282 g/mol. The molecule has 3 heterocycles. The number of para-hydroxylation sites is 1. The van der Waals surface area contributed by atoms with Crippen molar-refractivity contribution >= 4 is 17.5 Å². The number of hydrogen-bond donors (Lipinski definition) is 0. The van der Waals surface area contributed by atoms with Crippen molar-refractivity contribution in [2.75, 3.05) is 0 Å². The van der Waals surface area contributed by atoms with Gasteiger partial charge in [-0.05, 0) is 48.2 Å². The number of benzene rings is 1.